The van der Waals surface area contributed by atoms with Crippen molar-refractivity contribution in [2.75, 3.05) is 6.54 Å². The number of nitrogens with one attached hydrogen (secondary N) is 1. The molecule has 2 aromatic rings. The number of likely N-dealkylation sites (tertiary alicyclic amines) is 1. The number of imidazole rings is 1. The fourth-order valence-electron chi connectivity index (χ4n) is 3.38. The van der Waals surface area contributed by atoms with E-state index in [0.29, 0.717) is 5.52 Å². The first-order valence-electron chi connectivity index (χ1n) is 8.67. The molecule has 8 nitrogen and oxygen atoms in total. The summed E-state index contributed by atoms with van der Waals surface area (Å²) in [6.07, 6.45) is -1.96. The van der Waals surface area contributed by atoms with Gasteiger partial charge >= 0.3 is 12.1 Å². The van der Waals surface area contributed by atoms with Crippen LogP contribution in [0.3, 0.4) is 0 Å². The fraction of sp³-hybridized carbons (Fsp3) is 0.500. The molecule has 0 spiro atoms. The van der Waals surface area contributed by atoms with Crippen LogP contribution in [0.15, 0.2) is 18.2 Å². The van der Waals surface area contributed by atoms with Gasteiger partial charge in [-0.25, -0.2) is 14.2 Å². The Morgan fingerprint density at radius 2 is 2.15 bits per heavy atom. The van der Waals surface area contributed by atoms with Gasteiger partial charge in [-0.15, -0.1) is 0 Å². The lowest BCUT2D eigenvalue weighted by Crippen LogP contribution is -2.58. The van der Waals surface area contributed by atoms with Gasteiger partial charge in [0.15, 0.2) is 5.82 Å². The second-order valence-electron chi connectivity index (χ2n) is 7.80. The number of hydrogen-bond donors (Lipinski definition) is 3. The number of nitrogens with zero attached hydrogens (tertiary/aromatic N) is 2. The Bertz CT molecular complexity index is 891. The van der Waals surface area contributed by atoms with Gasteiger partial charge in [0.2, 0.25) is 0 Å². The number of hydrogen-bond acceptors (Lipinski definition) is 5. The first kappa shape index (κ1) is 19.1. The van der Waals surface area contributed by atoms with Crippen LogP contribution in [-0.4, -0.2) is 50.3 Å². The first-order valence-corrected chi connectivity index (χ1v) is 8.67. The molecule has 0 saturated carbocycles. The van der Waals surface area contributed by atoms with Gasteiger partial charge in [0.05, 0.1) is 11.7 Å². The highest BCUT2D eigenvalue weighted by Crippen LogP contribution is 2.39. The number of fused-ring (bicyclic) bond motifs is 1. The molecule has 2 unspecified atom stereocenters. The summed E-state index contributed by atoms with van der Waals surface area (Å²) in [6, 6.07) is 4.48. The van der Waals surface area contributed by atoms with E-state index in [0.717, 1.165) is 4.90 Å². The lowest BCUT2D eigenvalue weighted by molar-refractivity contribution is -0.165. The third-order valence-electron chi connectivity index (χ3n) is 4.69. The maximum Gasteiger partial charge on any atom is 0.408 e. The molecule has 0 bridgehead atoms. The number of rotatable bonds is 2. The smallest absolute Gasteiger partial charge is 0.408 e. The van der Waals surface area contributed by atoms with Crippen LogP contribution in [0, 0.1) is 5.82 Å². The maximum absolute atomic E-state index is 14.1. The van der Waals surface area contributed by atoms with E-state index in [9.17, 15) is 19.1 Å². The predicted octanol–water partition coefficient (Wildman–Crippen LogP) is 2.34. The highest BCUT2D eigenvalue weighted by atomic mass is 19.1. The summed E-state index contributed by atoms with van der Waals surface area (Å²) < 4.78 is 19.7. The SMILES string of the molecule is CC(C)(C)OC(=O)C1(c2nc3c(F)cccc3[nH]2)CCN(C(=O)O)C(N)C1. The molecular weight excluding hydrogens is 355 g/mol. The molecule has 2 atom stereocenters. The lowest BCUT2D eigenvalue weighted by Gasteiger charge is -2.42. The number of esters is 1. The predicted molar refractivity (Wildman–Crippen MR) is 95.5 cm³/mol. The number of piperidine rings is 1. The van der Waals surface area contributed by atoms with Gasteiger partial charge in [-0.05, 0) is 39.3 Å². The first-order chi connectivity index (χ1) is 12.5. The van der Waals surface area contributed by atoms with Crippen molar-refractivity contribution in [3.63, 3.8) is 0 Å². The van der Waals surface area contributed by atoms with Crippen LogP contribution in [0.1, 0.15) is 39.4 Å². The Morgan fingerprint density at radius 3 is 2.70 bits per heavy atom. The molecule has 1 saturated heterocycles. The van der Waals surface area contributed by atoms with Gasteiger partial charge in [0, 0.05) is 13.0 Å². The molecule has 1 aromatic carbocycles. The lowest BCUT2D eigenvalue weighted by atomic mass is 9.76. The van der Waals surface area contributed by atoms with Crippen LogP contribution in [0.25, 0.3) is 11.0 Å². The van der Waals surface area contributed by atoms with Crippen LogP contribution in [0.4, 0.5) is 9.18 Å². The van der Waals surface area contributed by atoms with Crippen molar-refractivity contribution in [3.05, 3.63) is 29.8 Å². The number of benzene rings is 1. The van der Waals surface area contributed by atoms with E-state index in [-0.39, 0.29) is 30.7 Å². The van der Waals surface area contributed by atoms with Gasteiger partial charge < -0.3 is 20.6 Å². The van der Waals surface area contributed by atoms with Gasteiger partial charge in [-0.3, -0.25) is 9.69 Å². The molecular formula is C18H23FN4O4. The molecule has 1 aliphatic rings. The molecule has 1 aromatic heterocycles. The van der Waals surface area contributed by atoms with E-state index >= 15 is 0 Å². The molecule has 9 heteroatoms. The molecule has 27 heavy (non-hydrogen) atoms. The molecule has 1 amide bonds. The van der Waals surface area contributed by atoms with Crippen LogP contribution in [-0.2, 0) is 14.9 Å². The van der Waals surface area contributed by atoms with Gasteiger partial charge in [-0.1, -0.05) is 6.07 Å². The molecule has 0 radical (unpaired) electrons. The van der Waals surface area contributed by atoms with E-state index in [4.69, 9.17) is 10.5 Å². The fourth-order valence-corrected chi connectivity index (χ4v) is 3.38. The number of H-pyrrole nitrogens is 1. The number of nitrogens with two attached hydrogens (primary N) is 1. The van der Waals surface area contributed by atoms with Gasteiger partial charge in [-0.2, -0.15) is 0 Å². The van der Waals surface area contributed by atoms with Crippen molar-refractivity contribution in [2.24, 2.45) is 5.73 Å². The zero-order chi connectivity index (χ0) is 20.0. The summed E-state index contributed by atoms with van der Waals surface area (Å²) in [6.45, 7) is 5.25. The minimum atomic E-state index is -1.29. The summed E-state index contributed by atoms with van der Waals surface area (Å²) in [4.78, 5) is 32.9. The molecule has 1 aliphatic heterocycles. The van der Waals surface area contributed by atoms with Crippen LogP contribution in [0.5, 0.6) is 0 Å². The molecule has 1 fully saturated rings. The summed E-state index contributed by atoms with van der Waals surface area (Å²) in [7, 11) is 0. The molecule has 3 rings (SSSR count). The topological polar surface area (TPSA) is 122 Å². The summed E-state index contributed by atoms with van der Waals surface area (Å²) in [5.74, 6) is -0.839. The van der Waals surface area contributed by atoms with Crippen molar-refractivity contribution in [1.29, 1.82) is 0 Å². The van der Waals surface area contributed by atoms with Crippen molar-refractivity contribution in [2.45, 2.75) is 50.8 Å². The van der Waals surface area contributed by atoms with Crippen molar-refractivity contribution in [1.82, 2.24) is 14.9 Å². The molecule has 4 N–H and O–H groups in total. The average molecular weight is 378 g/mol. The number of aromatic nitrogens is 2. The third kappa shape index (κ3) is 3.46. The largest absolute Gasteiger partial charge is 0.465 e. The number of carbonyl (C=O) groups excluding carboxylic acids is 1. The number of para-hydroxylation sites is 1. The minimum Gasteiger partial charge on any atom is -0.465 e. The minimum absolute atomic E-state index is 0.0182. The van der Waals surface area contributed by atoms with E-state index in [2.05, 4.69) is 9.97 Å². The highest BCUT2D eigenvalue weighted by molar-refractivity contribution is 5.85. The summed E-state index contributed by atoms with van der Waals surface area (Å²) >= 11 is 0. The van der Waals surface area contributed by atoms with Gasteiger partial charge in [0.25, 0.3) is 0 Å². The Kier molecular flexibility index (Phi) is 4.59. The number of halogens is 1. The normalized spacial score (nSPS) is 23.4. The molecule has 0 aliphatic carbocycles. The van der Waals surface area contributed by atoms with Crippen molar-refractivity contribution >= 4 is 23.1 Å². The number of amides is 1. The number of carbonyl (C=O) groups is 2. The second kappa shape index (κ2) is 6.49. The maximum atomic E-state index is 14.1. The van der Waals surface area contributed by atoms with Crippen molar-refractivity contribution in [3.8, 4) is 0 Å². The Labute approximate surface area is 155 Å². The monoisotopic (exact) mass is 378 g/mol. The van der Waals surface area contributed by atoms with E-state index < -0.39 is 35.1 Å². The molecule has 2 heterocycles. The van der Waals surface area contributed by atoms with Crippen LogP contribution >= 0.6 is 0 Å². The quantitative estimate of drug-likeness (QED) is 0.690. The number of ether oxygens (including phenoxy) is 1. The Balaban J connectivity index is 2.08. The zero-order valence-electron chi connectivity index (χ0n) is 15.5. The second-order valence-corrected chi connectivity index (χ2v) is 7.80. The van der Waals surface area contributed by atoms with Crippen LogP contribution in [0.2, 0.25) is 0 Å². The highest BCUT2D eigenvalue weighted by Gasteiger charge is 2.51. The summed E-state index contributed by atoms with van der Waals surface area (Å²) in [5, 5.41) is 9.28. The van der Waals surface area contributed by atoms with Crippen LogP contribution < -0.4 is 5.73 Å². The standard InChI is InChI=1S/C18H23FN4O4/c1-17(2,3)27-15(24)18(7-8-23(16(25)26)12(20)9-18)14-21-11-6-4-5-10(19)13(11)22-14/h4-6,12H,7-9,20H2,1-3H3,(H,21,22)(H,25,26). The average Bonchev–Trinajstić information content (AvgIpc) is 2.98. The van der Waals surface area contributed by atoms with Gasteiger partial charge in [0.1, 0.15) is 22.4 Å². The van der Waals surface area contributed by atoms with Crippen molar-refractivity contribution < 1.29 is 23.8 Å². The number of aromatic amines is 1. The third-order valence-corrected chi connectivity index (χ3v) is 4.69. The number of carboxylic acid groups (broad SMARTS) is 1. The molecule has 146 valence electrons. The Hall–Kier alpha value is -2.68. The summed E-state index contributed by atoms with van der Waals surface area (Å²) in [5.41, 5.74) is 4.56. The van der Waals surface area contributed by atoms with E-state index in [1.54, 1.807) is 32.9 Å². The van der Waals surface area contributed by atoms with E-state index in [1.165, 1.54) is 6.07 Å². The van der Waals surface area contributed by atoms with E-state index in [1.807, 2.05) is 0 Å². The zero-order valence-corrected chi connectivity index (χ0v) is 15.5. The Morgan fingerprint density at radius 1 is 1.44 bits per heavy atom.